The van der Waals surface area contributed by atoms with Crippen molar-refractivity contribution in [2.45, 2.75) is 78.4 Å². The van der Waals surface area contributed by atoms with Crippen LogP contribution in [0, 0.1) is 0 Å². The van der Waals surface area contributed by atoms with Gasteiger partial charge in [-0.1, -0.05) is 30.3 Å². The first-order chi connectivity index (χ1) is 11.9. The normalized spacial score (nSPS) is 14.3. The quantitative estimate of drug-likeness (QED) is 0.776. The maximum Gasteiger partial charge on any atom is 0.408 e. The van der Waals surface area contributed by atoms with Gasteiger partial charge in [-0.2, -0.15) is 0 Å². The Morgan fingerprint density at radius 3 is 2.08 bits per heavy atom. The molecule has 0 aromatic heterocycles. The topological polar surface area (TPSA) is 73.9 Å². The average molecular weight is 365 g/mol. The molecule has 1 aromatic rings. The van der Waals surface area contributed by atoms with E-state index in [0.29, 0.717) is 0 Å². The summed E-state index contributed by atoms with van der Waals surface area (Å²) in [4.78, 5) is 24.7. The molecule has 0 aliphatic rings. The summed E-state index contributed by atoms with van der Waals surface area (Å²) in [5.74, 6) is -0.564. The van der Waals surface area contributed by atoms with Gasteiger partial charge < -0.3 is 19.5 Å². The van der Waals surface area contributed by atoms with Gasteiger partial charge in [-0.05, 0) is 54.0 Å². The number of esters is 1. The van der Waals surface area contributed by atoms with Crippen molar-refractivity contribution in [1.82, 2.24) is 5.32 Å². The molecule has 6 nitrogen and oxygen atoms in total. The van der Waals surface area contributed by atoms with Crippen molar-refractivity contribution in [2.24, 2.45) is 0 Å². The van der Waals surface area contributed by atoms with Crippen LogP contribution in [-0.2, 0) is 25.6 Å². The summed E-state index contributed by atoms with van der Waals surface area (Å²) in [5.41, 5.74) is -0.294. The molecule has 0 aliphatic heterocycles. The van der Waals surface area contributed by atoms with Gasteiger partial charge in [-0.3, -0.25) is 0 Å². The molecular formula is C20H31NO5. The van der Waals surface area contributed by atoms with Crippen LogP contribution in [0.1, 0.15) is 54.0 Å². The number of hydrogen-bond acceptors (Lipinski definition) is 5. The van der Waals surface area contributed by atoms with Gasteiger partial charge in [0, 0.05) is 0 Å². The zero-order valence-corrected chi connectivity index (χ0v) is 16.8. The molecular weight excluding hydrogens is 334 g/mol. The van der Waals surface area contributed by atoms with Crippen LogP contribution in [0.5, 0.6) is 0 Å². The fourth-order valence-corrected chi connectivity index (χ4v) is 2.25. The SMILES string of the molecule is C[C@@H](OC(C)(C)C)[C@@H](NC(=O)OCc1ccccc1)C(=O)OC(C)(C)C. The Hall–Kier alpha value is -2.08. The van der Waals surface area contributed by atoms with E-state index in [2.05, 4.69) is 5.32 Å². The molecule has 1 rings (SSSR count). The van der Waals surface area contributed by atoms with E-state index in [1.807, 2.05) is 51.1 Å². The highest BCUT2D eigenvalue weighted by atomic mass is 16.6. The molecule has 0 heterocycles. The smallest absolute Gasteiger partial charge is 0.408 e. The summed E-state index contributed by atoms with van der Waals surface area (Å²) in [7, 11) is 0. The van der Waals surface area contributed by atoms with Crippen molar-refractivity contribution in [1.29, 1.82) is 0 Å². The lowest BCUT2D eigenvalue weighted by Crippen LogP contribution is -2.52. The Morgan fingerprint density at radius 2 is 1.58 bits per heavy atom. The Kier molecular flexibility index (Phi) is 7.63. The zero-order chi connectivity index (χ0) is 20.0. The minimum atomic E-state index is -0.975. The van der Waals surface area contributed by atoms with E-state index < -0.39 is 35.4 Å². The van der Waals surface area contributed by atoms with Gasteiger partial charge >= 0.3 is 12.1 Å². The van der Waals surface area contributed by atoms with Gasteiger partial charge in [0.25, 0.3) is 0 Å². The van der Waals surface area contributed by atoms with Crippen LogP contribution in [0.15, 0.2) is 30.3 Å². The minimum absolute atomic E-state index is 0.113. The number of rotatable bonds is 6. The van der Waals surface area contributed by atoms with E-state index in [1.54, 1.807) is 27.7 Å². The highest BCUT2D eigenvalue weighted by Gasteiger charge is 2.34. The first-order valence-corrected chi connectivity index (χ1v) is 8.75. The van der Waals surface area contributed by atoms with Gasteiger partial charge in [-0.25, -0.2) is 9.59 Å². The lowest BCUT2D eigenvalue weighted by Gasteiger charge is -2.31. The van der Waals surface area contributed by atoms with E-state index in [4.69, 9.17) is 14.2 Å². The molecule has 0 unspecified atom stereocenters. The molecule has 1 amide bonds. The predicted octanol–water partition coefficient (Wildman–Crippen LogP) is 3.83. The third kappa shape index (κ3) is 8.85. The molecule has 0 spiro atoms. The molecule has 26 heavy (non-hydrogen) atoms. The molecule has 0 saturated carbocycles. The summed E-state index contributed by atoms with van der Waals surface area (Å²) < 4.78 is 16.4. The standard InChI is InChI=1S/C20H31NO5/c1-14(25-19(2,3)4)16(17(22)26-20(5,6)7)21-18(23)24-13-15-11-9-8-10-12-15/h8-12,14,16H,13H2,1-7H3,(H,21,23)/t14-,16-/m1/s1. The van der Waals surface area contributed by atoms with E-state index in [-0.39, 0.29) is 6.61 Å². The minimum Gasteiger partial charge on any atom is -0.458 e. The molecule has 0 fully saturated rings. The van der Waals surface area contributed by atoms with Crippen molar-refractivity contribution >= 4 is 12.1 Å². The monoisotopic (exact) mass is 365 g/mol. The van der Waals surface area contributed by atoms with E-state index in [1.165, 1.54) is 0 Å². The molecule has 6 heteroatoms. The number of alkyl carbamates (subject to hydrolysis) is 1. The van der Waals surface area contributed by atoms with Crippen molar-refractivity contribution in [3.05, 3.63) is 35.9 Å². The Morgan fingerprint density at radius 1 is 1.00 bits per heavy atom. The van der Waals surface area contributed by atoms with Crippen LogP contribution >= 0.6 is 0 Å². The van der Waals surface area contributed by atoms with E-state index >= 15 is 0 Å². The number of amides is 1. The van der Waals surface area contributed by atoms with Crippen LogP contribution in [-0.4, -0.2) is 35.4 Å². The highest BCUT2D eigenvalue weighted by Crippen LogP contribution is 2.16. The van der Waals surface area contributed by atoms with Gasteiger partial charge in [0.15, 0.2) is 6.04 Å². The number of nitrogens with one attached hydrogen (secondary N) is 1. The van der Waals surface area contributed by atoms with Crippen molar-refractivity contribution in [2.75, 3.05) is 0 Å². The fourth-order valence-electron chi connectivity index (χ4n) is 2.25. The Bertz CT molecular complexity index is 586. The van der Waals surface area contributed by atoms with Gasteiger partial charge in [0.05, 0.1) is 11.7 Å². The van der Waals surface area contributed by atoms with E-state index in [0.717, 1.165) is 5.56 Å². The van der Waals surface area contributed by atoms with Crippen molar-refractivity contribution in [3.8, 4) is 0 Å². The average Bonchev–Trinajstić information content (AvgIpc) is 2.48. The molecule has 0 aliphatic carbocycles. The predicted molar refractivity (Wildman–Crippen MR) is 99.7 cm³/mol. The number of carbonyl (C=O) groups excluding carboxylic acids is 2. The third-order valence-corrected chi connectivity index (χ3v) is 3.16. The second-order valence-corrected chi connectivity index (χ2v) is 8.15. The molecule has 0 radical (unpaired) electrons. The molecule has 1 aromatic carbocycles. The molecule has 0 bridgehead atoms. The van der Waals surface area contributed by atoms with Crippen LogP contribution < -0.4 is 5.32 Å². The lowest BCUT2D eigenvalue weighted by atomic mass is 10.1. The summed E-state index contributed by atoms with van der Waals surface area (Å²) in [6.45, 7) is 12.8. The molecule has 2 atom stereocenters. The maximum atomic E-state index is 12.5. The zero-order valence-electron chi connectivity index (χ0n) is 16.8. The fraction of sp³-hybridized carbons (Fsp3) is 0.600. The largest absolute Gasteiger partial charge is 0.458 e. The molecule has 146 valence electrons. The first kappa shape index (κ1) is 22.0. The second kappa shape index (κ2) is 9.03. The lowest BCUT2D eigenvalue weighted by molar-refractivity contribution is -0.164. The highest BCUT2D eigenvalue weighted by molar-refractivity contribution is 5.82. The summed E-state index contributed by atoms with van der Waals surface area (Å²) >= 11 is 0. The maximum absolute atomic E-state index is 12.5. The Balaban J connectivity index is 2.76. The van der Waals surface area contributed by atoms with Gasteiger partial charge in [0.1, 0.15) is 12.2 Å². The first-order valence-electron chi connectivity index (χ1n) is 8.75. The van der Waals surface area contributed by atoms with E-state index in [9.17, 15) is 9.59 Å². The van der Waals surface area contributed by atoms with Gasteiger partial charge in [-0.15, -0.1) is 0 Å². The number of hydrogen-bond donors (Lipinski definition) is 1. The van der Waals surface area contributed by atoms with Gasteiger partial charge in [0.2, 0.25) is 0 Å². The number of carbonyl (C=O) groups is 2. The molecule has 1 N–H and O–H groups in total. The van der Waals surface area contributed by atoms with Crippen molar-refractivity contribution in [3.63, 3.8) is 0 Å². The summed E-state index contributed by atoms with van der Waals surface area (Å²) in [6, 6.07) is 8.33. The third-order valence-electron chi connectivity index (χ3n) is 3.16. The Labute approximate surface area is 156 Å². The van der Waals surface area contributed by atoms with Crippen molar-refractivity contribution < 1.29 is 23.8 Å². The van der Waals surface area contributed by atoms with Crippen LogP contribution in [0.25, 0.3) is 0 Å². The summed E-state index contributed by atoms with van der Waals surface area (Å²) in [6.07, 6.45) is -1.29. The number of ether oxygens (including phenoxy) is 3. The summed E-state index contributed by atoms with van der Waals surface area (Å²) in [5, 5.41) is 2.57. The van der Waals surface area contributed by atoms with Crippen LogP contribution in [0.4, 0.5) is 4.79 Å². The second-order valence-electron chi connectivity index (χ2n) is 8.15. The van der Waals surface area contributed by atoms with Crippen LogP contribution in [0.3, 0.4) is 0 Å². The number of benzene rings is 1. The molecule has 0 saturated heterocycles. The van der Waals surface area contributed by atoms with Crippen LogP contribution in [0.2, 0.25) is 0 Å².